The molecule has 0 radical (unpaired) electrons. The molecule has 0 bridgehead atoms. The molecule has 0 spiro atoms. The molecular formula is C10H12N2O. The van der Waals surface area contributed by atoms with Gasteiger partial charge in [-0.15, -0.1) is 0 Å². The number of nitriles is 1. The molecule has 68 valence electrons. The lowest BCUT2D eigenvalue weighted by atomic mass is 10.1. The molecule has 0 unspecified atom stereocenters. The number of rotatable bonds is 3. The van der Waals surface area contributed by atoms with Crippen LogP contribution in [0.4, 0.5) is 5.69 Å². The molecule has 0 aliphatic rings. The normalized spacial score (nSPS) is 9.23. The Labute approximate surface area is 77.7 Å². The summed E-state index contributed by atoms with van der Waals surface area (Å²) >= 11 is 0. The van der Waals surface area contributed by atoms with Gasteiger partial charge < -0.3 is 10.5 Å². The predicted molar refractivity (Wildman–Crippen MR) is 51.3 cm³/mol. The minimum absolute atomic E-state index is 0.0604. The summed E-state index contributed by atoms with van der Waals surface area (Å²) < 4.78 is 5.09. The second kappa shape index (κ2) is 4.36. The number of aryl methyl sites for hydroxylation is 1. The first-order valence-electron chi connectivity index (χ1n) is 4.16. The number of nitrogens with zero attached hydrogens (tertiary/aromatic N) is 1. The van der Waals surface area contributed by atoms with Crippen molar-refractivity contribution in [2.75, 3.05) is 12.3 Å². The van der Waals surface area contributed by atoms with E-state index in [9.17, 15) is 0 Å². The monoisotopic (exact) mass is 176 g/mol. The van der Waals surface area contributed by atoms with Crippen LogP contribution in [0.2, 0.25) is 0 Å². The van der Waals surface area contributed by atoms with E-state index in [1.54, 1.807) is 6.07 Å². The molecule has 0 saturated carbocycles. The van der Waals surface area contributed by atoms with Crippen LogP contribution in [0, 0.1) is 11.3 Å². The number of nitrogen functional groups attached to an aromatic ring is 1. The Kier molecular flexibility index (Phi) is 3.15. The van der Waals surface area contributed by atoms with Gasteiger partial charge in [-0.1, -0.05) is 13.0 Å². The summed E-state index contributed by atoms with van der Waals surface area (Å²) in [6.45, 7) is 2.10. The number of hydrogen-bond acceptors (Lipinski definition) is 3. The van der Waals surface area contributed by atoms with Crippen LogP contribution >= 0.6 is 0 Å². The van der Waals surface area contributed by atoms with Crippen molar-refractivity contribution in [2.24, 2.45) is 0 Å². The third kappa shape index (κ3) is 2.38. The van der Waals surface area contributed by atoms with Crippen LogP contribution in [0.25, 0.3) is 0 Å². The largest absolute Gasteiger partial charge is 0.479 e. The molecule has 0 saturated heterocycles. The highest BCUT2D eigenvalue weighted by Gasteiger charge is 1.98. The summed E-state index contributed by atoms with van der Waals surface area (Å²) in [6.07, 6.45) is 0.907. The van der Waals surface area contributed by atoms with Gasteiger partial charge in [0.1, 0.15) is 11.8 Å². The van der Waals surface area contributed by atoms with Crippen molar-refractivity contribution in [3.05, 3.63) is 23.8 Å². The highest BCUT2D eigenvalue weighted by Crippen LogP contribution is 2.19. The first-order chi connectivity index (χ1) is 6.27. The second-order valence-corrected chi connectivity index (χ2v) is 2.66. The lowest BCUT2D eigenvalue weighted by Gasteiger charge is -2.05. The second-order valence-electron chi connectivity index (χ2n) is 2.66. The van der Waals surface area contributed by atoms with E-state index in [0.29, 0.717) is 5.75 Å². The van der Waals surface area contributed by atoms with Crippen molar-refractivity contribution < 1.29 is 4.74 Å². The van der Waals surface area contributed by atoms with Crippen molar-refractivity contribution in [1.29, 1.82) is 5.26 Å². The van der Waals surface area contributed by atoms with Crippen molar-refractivity contribution in [3.8, 4) is 11.8 Å². The molecule has 0 aromatic heterocycles. The molecular weight excluding hydrogens is 164 g/mol. The number of benzene rings is 1. The average Bonchev–Trinajstić information content (AvgIpc) is 2.15. The van der Waals surface area contributed by atoms with E-state index in [2.05, 4.69) is 0 Å². The third-order valence-corrected chi connectivity index (χ3v) is 1.80. The molecule has 1 aromatic carbocycles. The van der Waals surface area contributed by atoms with Gasteiger partial charge in [0, 0.05) is 11.8 Å². The number of ether oxygens (including phenoxy) is 1. The minimum Gasteiger partial charge on any atom is -0.479 e. The van der Waals surface area contributed by atoms with Gasteiger partial charge in [0.05, 0.1) is 0 Å². The van der Waals surface area contributed by atoms with E-state index < -0.39 is 0 Å². The van der Waals surface area contributed by atoms with Gasteiger partial charge in [0.2, 0.25) is 0 Å². The fourth-order valence-electron chi connectivity index (χ4n) is 1.10. The topological polar surface area (TPSA) is 59.0 Å². The van der Waals surface area contributed by atoms with Gasteiger partial charge in [0.15, 0.2) is 6.61 Å². The summed E-state index contributed by atoms with van der Waals surface area (Å²) in [5.74, 6) is 0.649. The Morgan fingerprint density at radius 1 is 1.54 bits per heavy atom. The molecule has 0 aliphatic carbocycles. The summed E-state index contributed by atoms with van der Waals surface area (Å²) in [7, 11) is 0. The van der Waals surface area contributed by atoms with E-state index >= 15 is 0 Å². The Bertz CT molecular complexity index is 328. The lowest BCUT2D eigenvalue weighted by Crippen LogP contribution is -1.97. The fourth-order valence-corrected chi connectivity index (χ4v) is 1.10. The molecule has 0 fully saturated rings. The van der Waals surface area contributed by atoms with Crippen LogP contribution in [-0.2, 0) is 6.42 Å². The zero-order valence-corrected chi connectivity index (χ0v) is 7.58. The molecule has 1 aromatic rings. The highest BCUT2D eigenvalue weighted by molar-refractivity contribution is 5.51. The maximum absolute atomic E-state index is 8.29. The van der Waals surface area contributed by atoms with Gasteiger partial charge in [-0.25, -0.2) is 0 Å². The predicted octanol–water partition coefficient (Wildman–Crippen LogP) is 1.73. The Hall–Kier alpha value is -1.69. The fraction of sp³-hybridized carbons (Fsp3) is 0.300. The molecule has 3 nitrogen and oxygen atoms in total. The summed E-state index contributed by atoms with van der Waals surface area (Å²) in [6, 6.07) is 7.39. The van der Waals surface area contributed by atoms with E-state index in [1.807, 2.05) is 25.1 Å². The van der Waals surface area contributed by atoms with Gasteiger partial charge in [-0.2, -0.15) is 5.26 Å². The molecule has 0 aliphatic heterocycles. The van der Waals surface area contributed by atoms with Crippen LogP contribution in [-0.4, -0.2) is 6.61 Å². The standard InChI is InChI=1S/C10H12N2O/c1-2-8-3-4-9(7-10(8)12)13-6-5-11/h3-4,7H,2,6,12H2,1H3. The molecule has 0 atom stereocenters. The van der Waals surface area contributed by atoms with Crippen molar-refractivity contribution >= 4 is 5.69 Å². The molecule has 1 rings (SSSR count). The van der Waals surface area contributed by atoms with Crippen LogP contribution in [0.1, 0.15) is 12.5 Å². The lowest BCUT2D eigenvalue weighted by molar-refractivity contribution is 0.368. The maximum Gasteiger partial charge on any atom is 0.174 e. The van der Waals surface area contributed by atoms with Crippen LogP contribution in [0.3, 0.4) is 0 Å². The van der Waals surface area contributed by atoms with Gasteiger partial charge in [-0.05, 0) is 18.1 Å². The Balaban J connectivity index is 2.78. The zero-order valence-electron chi connectivity index (χ0n) is 7.58. The molecule has 13 heavy (non-hydrogen) atoms. The van der Waals surface area contributed by atoms with Crippen molar-refractivity contribution in [3.63, 3.8) is 0 Å². The third-order valence-electron chi connectivity index (χ3n) is 1.80. The smallest absolute Gasteiger partial charge is 0.174 e. The van der Waals surface area contributed by atoms with E-state index in [4.69, 9.17) is 15.7 Å². The number of hydrogen-bond donors (Lipinski definition) is 1. The Morgan fingerprint density at radius 3 is 2.85 bits per heavy atom. The van der Waals surface area contributed by atoms with Gasteiger partial charge in [0.25, 0.3) is 0 Å². The highest BCUT2D eigenvalue weighted by atomic mass is 16.5. The SMILES string of the molecule is CCc1ccc(OCC#N)cc1N. The van der Waals surface area contributed by atoms with Crippen LogP contribution in [0.5, 0.6) is 5.75 Å². The minimum atomic E-state index is 0.0604. The van der Waals surface area contributed by atoms with E-state index in [-0.39, 0.29) is 6.61 Å². The first-order valence-corrected chi connectivity index (χ1v) is 4.16. The average molecular weight is 176 g/mol. The molecule has 0 amide bonds. The van der Waals surface area contributed by atoms with Crippen molar-refractivity contribution in [2.45, 2.75) is 13.3 Å². The van der Waals surface area contributed by atoms with E-state index in [0.717, 1.165) is 17.7 Å². The quantitative estimate of drug-likeness (QED) is 0.713. The first kappa shape index (κ1) is 9.40. The number of nitrogens with two attached hydrogens (primary N) is 1. The zero-order chi connectivity index (χ0) is 9.68. The van der Waals surface area contributed by atoms with Crippen molar-refractivity contribution in [1.82, 2.24) is 0 Å². The maximum atomic E-state index is 8.29. The molecule has 0 heterocycles. The summed E-state index contributed by atoms with van der Waals surface area (Å²) in [4.78, 5) is 0. The van der Waals surface area contributed by atoms with Gasteiger partial charge >= 0.3 is 0 Å². The Morgan fingerprint density at radius 2 is 2.31 bits per heavy atom. The molecule has 2 N–H and O–H groups in total. The van der Waals surface area contributed by atoms with Crippen LogP contribution in [0.15, 0.2) is 18.2 Å². The summed E-state index contributed by atoms with van der Waals surface area (Å²) in [5, 5.41) is 8.29. The van der Waals surface area contributed by atoms with Gasteiger partial charge in [-0.3, -0.25) is 0 Å². The number of anilines is 1. The molecule has 3 heteroatoms. The van der Waals surface area contributed by atoms with Crippen LogP contribution < -0.4 is 10.5 Å². The van der Waals surface area contributed by atoms with E-state index in [1.165, 1.54) is 0 Å². The summed E-state index contributed by atoms with van der Waals surface area (Å²) in [5.41, 5.74) is 7.56.